The molecule has 1 nitrogen and oxygen atoms in total. The first kappa shape index (κ1) is 9.01. The second-order valence-electron chi connectivity index (χ2n) is 3.56. The summed E-state index contributed by atoms with van der Waals surface area (Å²) in [7, 11) is 0. The molecule has 0 aliphatic heterocycles. The zero-order valence-corrected chi connectivity index (χ0v) is 9.53. The fraction of sp³-hybridized carbons (Fsp3) is 1.00. The van der Waals surface area contributed by atoms with Gasteiger partial charge in [0.1, 0.15) is 0 Å². The Kier molecular flexibility index (Phi) is 1.99. The summed E-state index contributed by atoms with van der Waals surface area (Å²) in [5, 5.41) is 9.30. The van der Waals surface area contributed by atoms with Gasteiger partial charge in [-0.3, -0.25) is 0 Å². The van der Waals surface area contributed by atoms with Crippen molar-refractivity contribution in [2.75, 3.05) is 0 Å². The van der Waals surface area contributed by atoms with E-state index in [4.69, 9.17) is 0 Å². The standard InChI is InChI=1S/C7H12Br2O/c1-4(10)5-6(2,3)7(5,8)9/h4-5,10H,1-3H3/t4-,5+/m0/s1. The summed E-state index contributed by atoms with van der Waals surface area (Å²) in [6, 6.07) is 0. The summed E-state index contributed by atoms with van der Waals surface area (Å²) >= 11 is 7.06. The molecule has 0 amide bonds. The van der Waals surface area contributed by atoms with E-state index >= 15 is 0 Å². The van der Waals surface area contributed by atoms with Crippen molar-refractivity contribution in [1.82, 2.24) is 0 Å². The highest BCUT2D eigenvalue weighted by atomic mass is 79.9. The molecule has 1 fully saturated rings. The average molecular weight is 272 g/mol. The second-order valence-corrected chi connectivity index (χ2v) is 7.13. The van der Waals surface area contributed by atoms with Crippen molar-refractivity contribution in [2.24, 2.45) is 11.3 Å². The van der Waals surface area contributed by atoms with Crippen LogP contribution in [0.4, 0.5) is 0 Å². The fourth-order valence-corrected chi connectivity index (χ4v) is 3.77. The molecular weight excluding hydrogens is 260 g/mol. The molecule has 10 heavy (non-hydrogen) atoms. The fourth-order valence-electron chi connectivity index (χ4n) is 1.60. The summed E-state index contributed by atoms with van der Waals surface area (Å²) in [5.74, 6) is 0.319. The van der Waals surface area contributed by atoms with Gasteiger partial charge in [-0.05, 0) is 12.3 Å². The van der Waals surface area contributed by atoms with Gasteiger partial charge in [0.25, 0.3) is 0 Å². The monoisotopic (exact) mass is 270 g/mol. The number of alkyl halides is 2. The van der Waals surface area contributed by atoms with Crippen molar-refractivity contribution in [3.8, 4) is 0 Å². The largest absolute Gasteiger partial charge is 0.393 e. The molecule has 0 saturated heterocycles. The van der Waals surface area contributed by atoms with Crippen LogP contribution >= 0.6 is 31.9 Å². The third kappa shape index (κ3) is 0.978. The number of hydrogen-bond donors (Lipinski definition) is 1. The van der Waals surface area contributed by atoms with Gasteiger partial charge in [0.2, 0.25) is 0 Å². The van der Waals surface area contributed by atoms with Crippen LogP contribution in [0.25, 0.3) is 0 Å². The zero-order valence-electron chi connectivity index (χ0n) is 6.36. The summed E-state index contributed by atoms with van der Waals surface area (Å²) in [4.78, 5) is 0. The normalized spacial score (nSPS) is 37.2. The number of halogens is 2. The van der Waals surface area contributed by atoms with Gasteiger partial charge in [-0.1, -0.05) is 45.7 Å². The molecule has 1 N–H and O–H groups in total. The first-order valence-corrected chi connectivity index (χ1v) is 4.96. The quantitative estimate of drug-likeness (QED) is 0.727. The van der Waals surface area contributed by atoms with E-state index in [9.17, 15) is 5.11 Å². The lowest BCUT2D eigenvalue weighted by Crippen LogP contribution is -2.08. The average Bonchev–Trinajstić information content (AvgIpc) is 1.97. The van der Waals surface area contributed by atoms with Gasteiger partial charge in [0.05, 0.1) is 9.34 Å². The predicted molar refractivity (Wildman–Crippen MR) is 49.5 cm³/mol. The van der Waals surface area contributed by atoms with E-state index in [1.807, 2.05) is 6.92 Å². The van der Waals surface area contributed by atoms with E-state index in [0.29, 0.717) is 5.92 Å². The molecule has 0 aromatic rings. The van der Waals surface area contributed by atoms with Gasteiger partial charge in [-0.15, -0.1) is 0 Å². The Morgan fingerprint density at radius 3 is 1.70 bits per heavy atom. The molecule has 0 bridgehead atoms. The molecule has 3 heteroatoms. The van der Waals surface area contributed by atoms with Crippen LogP contribution in [0.2, 0.25) is 0 Å². The number of hydrogen-bond acceptors (Lipinski definition) is 1. The Bertz CT molecular complexity index is 138. The van der Waals surface area contributed by atoms with Gasteiger partial charge < -0.3 is 5.11 Å². The lowest BCUT2D eigenvalue weighted by Gasteiger charge is -2.02. The Hall–Kier alpha value is 0.920. The minimum Gasteiger partial charge on any atom is -0.393 e. The highest BCUT2D eigenvalue weighted by molar-refractivity contribution is 9.25. The Morgan fingerprint density at radius 2 is 1.70 bits per heavy atom. The first-order valence-electron chi connectivity index (χ1n) is 3.37. The van der Waals surface area contributed by atoms with Crippen molar-refractivity contribution >= 4 is 31.9 Å². The molecule has 0 aromatic carbocycles. The van der Waals surface area contributed by atoms with E-state index in [-0.39, 0.29) is 14.8 Å². The van der Waals surface area contributed by atoms with E-state index in [0.717, 1.165) is 0 Å². The van der Waals surface area contributed by atoms with Crippen LogP contribution in [0.3, 0.4) is 0 Å². The van der Waals surface area contributed by atoms with Crippen molar-refractivity contribution in [1.29, 1.82) is 0 Å². The van der Waals surface area contributed by atoms with Crippen molar-refractivity contribution in [2.45, 2.75) is 30.1 Å². The van der Waals surface area contributed by atoms with Crippen LogP contribution in [0.5, 0.6) is 0 Å². The zero-order chi connectivity index (χ0) is 8.15. The predicted octanol–water partition coefficient (Wildman–Crippen LogP) is 2.51. The smallest absolute Gasteiger partial charge is 0.0918 e. The highest BCUT2D eigenvalue weighted by Gasteiger charge is 2.70. The highest BCUT2D eigenvalue weighted by Crippen LogP contribution is 2.71. The maximum atomic E-state index is 9.30. The van der Waals surface area contributed by atoms with Gasteiger partial charge >= 0.3 is 0 Å². The van der Waals surface area contributed by atoms with Crippen molar-refractivity contribution < 1.29 is 5.11 Å². The first-order chi connectivity index (χ1) is 4.32. The molecule has 2 atom stereocenters. The van der Waals surface area contributed by atoms with Crippen molar-refractivity contribution in [3.63, 3.8) is 0 Å². The third-order valence-corrected chi connectivity index (χ3v) is 5.46. The van der Waals surface area contributed by atoms with E-state index in [1.165, 1.54) is 0 Å². The Morgan fingerprint density at radius 1 is 1.40 bits per heavy atom. The number of rotatable bonds is 1. The van der Waals surface area contributed by atoms with E-state index < -0.39 is 0 Å². The Labute approximate surface area is 78.5 Å². The lowest BCUT2D eigenvalue weighted by atomic mass is 10.1. The minimum absolute atomic E-state index is 0.0405. The summed E-state index contributed by atoms with van der Waals surface area (Å²) in [6.07, 6.45) is -0.242. The molecule has 1 rings (SSSR count). The van der Waals surface area contributed by atoms with Crippen LogP contribution in [-0.4, -0.2) is 14.4 Å². The van der Waals surface area contributed by atoms with Crippen LogP contribution in [0.1, 0.15) is 20.8 Å². The maximum absolute atomic E-state index is 9.30. The topological polar surface area (TPSA) is 20.2 Å². The number of aliphatic hydroxyl groups excluding tert-OH is 1. The molecule has 0 heterocycles. The van der Waals surface area contributed by atoms with Crippen LogP contribution < -0.4 is 0 Å². The van der Waals surface area contributed by atoms with Crippen molar-refractivity contribution in [3.05, 3.63) is 0 Å². The summed E-state index contributed by atoms with van der Waals surface area (Å²) in [5.41, 5.74) is 0.168. The Balaban J connectivity index is 2.72. The molecule has 1 aliphatic rings. The molecular formula is C7H12Br2O. The maximum Gasteiger partial charge on any atom is 0.0918 e. The van der Waals surface area contributed by atoms with Gasteiger partial charge in [0, 0.05) is 5.92 Å². The van der Waals surface area contributed by atoms with Crippen LogP contribution in [-0.2, 0) is 0 Å². The second kappa shape index (κ2) is 2.20. The van der Waals surface area contributed by atoms with Crippen LogP contribution in [0, 0.1) is 11.3 Å². The van der Waals surface area contributed by atoms with E-state index in [2.05, 4.69) is 45.7 Å². The van der Waals surface area contributed by atoms with E-state index in [1.54, 1.807) is 0 Å². The summed E-state index contributed by atoms with van der Waals surface area (Å²) in [6.45, 7) is 6.10. The molecule has 0 radical (unpaired) electrons. The molecule has 60 valence electrons. The van der Waals surface area contributed by atoms with Crippen LogP contribution in [0.15, 0.2) is 0 Å². The minimum atomic E-state index is -0.242. The molecule has 1 aliphatic carbocycles. The van der Waals surface area contributed by atoms with Gasteiger partial charge in [-0.2, -0.15) is 0 Å². The number of aliphatic hydroxyl groups is 1. The molecule has 1 saturated carbocycles. The third-order valence-electron chi connectivity index (χ3n) is 2.43. The SMILES string of the molecule is C[C@H](O)[C@@H]1C(C)(C)C1(Br)Br. The lowest BCUT2D eigenvalue weighted by molar-refractivity contribution is 0.156. The molecule has 0 aromatic heterocycles. The van der Waals surface area contributed by atoms with Gasteiger partial charge in [0.15, 0.2) is 0 Å². The molecule has 0 unspecified atom stereocenters. The summed E-state index contributed by atoms with van der Waals surface area (Å²) < 4.78 is -0.0405. The molecule has 0 spiro atoms. The van der Waals surface area contributed by atoms with Gasteiger partial charge in [-0.25, -0.2) is 0 Å².